The fourth-order valence-corrected chi connectivity index (χ4v) is 3.09. The molecule has 1 heterocycles. The molecule has 6 nitrogen and oxygen atoms in total. The summed E-state index contributed by atoms with van der Waals surface area (Å²) in [6.45, 7) is 1.89. The summed E-state index contributed by atoms with van der Waals surface area (Å²) in [5, 5.41) is 10.5. The number of ether oxygens (including phenoxy) is 1. The number of phenolic OH excluding ortho intramolecular Hbond substituents is 1. The molecule has 27 heavy (non-hydrogen) atoms. The number of carbonyl (C=O) groups excluding carboxylic acids is 2. The largest absolute Gasteiger partial charge is 0.507 e. The Morgan fingerprint density at radius 3 is 2.37 bits per heavy atom. The van der Waals surface area contributed by atoms with Gasteiger partial charge in [0.25, 0.3) is 11.8 Å². The predicted octanol–water partition coefficient (Wildman–Crippen LogP) is 2.80. The second-order valence-electron chi connectivity index (χ2n) is 6.29. The number of aromatic hydroxyl groups is 1. The zero-order chi connectivity index (χ0) is 19.2. The normalized spacial score (nSPS) is 14.6. The number of hydrogen-bond donors (Lipinski definition) is 1. The van der Waals surface area contributed by atoms with Gasteiger partial charge in [-0.1, -0.05) is 23.7 Å². The van der Waals surface area contributed by atoms with Crippen LogP contribution >= 0.6 is 11.6 Å². The zero-order valence-corrected chi connectivity index (χ0v) is 15.6. The minimum absolute atomic E-state index is 0.0314. The highest BCUT2D eigenvalue weighted by molar-refractivity contribution is 6.30. The summed E-state index contributed by atoms with van der Waals surface area (Å²) in [5.41, 5.74) is 0.281. The van der Waals surface area contributed by atoms with Crippen molar-refractivity contribution in [2.24, 2.45) is 0 Å². The van der Waals surface area contributed by atoms with Gasteiger partial charge in [-0.15, -0.1) is 0 Å². The molecule has 0 radical (unpaired) electrons. The summed E-state index contributed by atoms with van der Waals surface area (Å²) >= 11 is 5.83. The smallest absolute Gasteiger partial charge is 0.260 e. The van der Waals surface area contributed by atoms with Crippen molar-refractivity contribution in [1.29, 1.82) is 0 Å². The van der Waals surface area contributed by atoms with Crippen LogP contribution in [0.5, 0.6) is 11.5 Å². The third kappa shape index (κ3) is 4.92. The van der Waals surface area contributed by atoms with Crippen molar-refractivity contribution in [3.8, 4) is 11.5 Å². The number of carbonyl (C=O) groups is 2. The number of hydrogen-bond acceptors (Lipinski definition) is 4. The highest BCUT2D eigenvalue weighted by Crippen LogP contribution is 2.19. The molecule has 1 aliphatic heterocycles. The number of halogens is 1. The second kappa shape index (κ2) is 8.77. The predicted molar refractivity (Wildman–Crippen MR) is 102 cm³/mol. The molecule has 2 amide bonds. The van der Waals surface area contributed by atoms with Crippen molar-refractivity contribution in [2.45, 2.75) is 6.42 Å². The lowest BCUT2D eigenvalue weighted by Crippen LogP contribution is -2.39. The molecule has 1 aliphatic rings. The Morgan fingerprint density at radius 1 is 0.963 bits per heavy atom. The van der Waals surface area contributed by atoms with Gasteiger partial charge in [-0.2, -0.15) is 0 Å². The van der Waals surface area contributed by atoms with E-state index in [9.17, 15) is 14.7 Å². The SMILES string of the molecule is O=C(COc1ccc(Cl)cc1)N1CCCN(C(=O)c2ccccc2O)CC1. The Hall–Kier alpha value is -2.73. The maximum atomic E-state index is 12.6. The van der Waals surface area contributed by atoms with Gasteiger partial charge in [0.1, 0.15) is 11.5 Å². The molecule has 1 N–H and O–H groups in total. The van der Waals surface area contributed by atoms with E-state index in [0.717, 1.165) is 0 Å². The molecule has 0 aromatic heterocycles. The van der Waals surface area contributed by atoms with Gasteiger partial charge in [0.15, 0.2) is 6.61 Å². The molecular formula is C20H21ClN2O4. The number of benzene rings is 2. The van der Waals surface area contributed by atoms with Gasteiger partial charge in [0.05, 0.1) is 5.56 Å². The van der Waals surface area contributed by atoms with Crippen LogP contribution < -0.4 is 4.74 Å². The molecule has 1 fully saturated rings. The van der Waals surface area contributed by atoms with Crippen LogP contribution in [-0.4, -0.2) is 59.5 Å². The topological polar surface area (TPSA) is 70.1 Å². The average molecular weight is 389 g/mol. The van der Waals surface area contributed by atoms with Gasteiger partial charge in [-0.05, 0) is 42.8 Å². The highest BCUT2D eigenvalue weighted by Gasteiger charge is 2.24. The molecule has 0 atom stereocenters. The van der Waals surface area contributed by atoms with Gasteiger partial charge < -0.3 is 19.6 Å². The lowest BCUT2D eigenvalue weighted by Gasteiger charge is -2.22. The molecule has 0 unspecified atom stereocenters. The Morgan fingerprint density at radius 2 is 1.63 bits per heavy atom. The summed E-state index contributed by atoms with van der Waals surface area (Å²) in [7, 11) is 0. The first-order valence-corrected chi connectivity index (χ1v) is 9.16. The highest BCUT2D eigenvalue weighted by atomic mass is 35.5. The van der Waals surface area contributed by atoms with Gasteiger partial charge in [-0.3, -0.25) is 9.59 Å². The van der Waals surface area contributed by atoms with E-state index < -0.39 is 0 Å². The van der Waals surface area contributed by atoms with Gasteiger partial charge in [-0.25, -0.2) is 0 Å². The lowest BCUT2D eigenvalue weighted by atomic mass is 10.1. The van der Waals surface area contributed by atoms with Gasteiger partial charge in [0, 0.05) is 31.2 Å². The van der Waals surface area contributed by atoms with E-state index >= 15 is 0 Å². The third-order valence-electron chi connectivity index (χ3n) is 4.45. The van der Waals surface area contributed by atoms with E-state index in [4.69, 9.17) is 16.3 Å². The van der Waals surface area contributed by atoms with Crippen LogP contribution in [0.3, 0.4) is 0 Å². The summed E-state index contributed by atoms with van der Waals surface area (Å²) in [5.74, 6) is 0.205. The molecule has 0 aliphatic carbocycles. The number of para-hydroxylation sites is 1. The van der Waals surface area contributed by atoms with E-state index in [-0.39, 0.29) is 29.7 Å². The van der Waals surface area contributed by atoms with Crippen molar-refractivity contribution < 1.29 is 19.4 Å². The van der Waals surface area contributed by atoms with Crippen LogP contribution in [0.25, 0.3) is 0 Å². The van der Waals surface area contributed by atoms with E-state index in [1.54, 1.807) is 52.3 Å². The Kier molecular flexibility index (Phi) is 6.19. The Balaban J connectivity index is 1.54. The van der Waals surface area contributed by atoms with Crippen LogP contribution in [0.4, 0.5) is 0 Å². The number of phenols is 1. The van der Waals surface area contributed by atoms with Crippen molar-refractivity contribution in [1.82, 2.24) is 9.80 Å². The molecule has 0 saturated carbocycles. The Labute approximate surface area is 162 Å². The van der Waals surface area contributed by atoms with E-state index in [1.807, 2.05) is 0 Å². The van der Waals surface area contributed by atoms with Crippen molar-refractivity contribution in [2.75, 3.05) is 32.8 Å². The molecule has 0 bridgehead atoms. The monoisotopic (exact) mass is 388 g/mol. The van der Waals surface area contributed by atoms with Crippen LogP contribution in [-0.2, 0) is 4.79 Å². The summed E-state index contributed by atoms with van der Waals surface area (Å²) in [6.07, 6.45) is 0.673. The standard InChI is InChI=1S/C20H21ClN2O4/c21-15-6-8-16(9-7-15)27-14-19(25)22-10-3-11-23(13-12-22)20(26)17-4-1-2-5-18(17)24/h1-2,4-9,24H,3,10-14H2. The molecular weight excluding hydrogens is 368 g/mol. The molecule has 1 saturated heterocycles. The second-order valence-corrected chi connectivity index (χ2v) is 6.72. The molecule has 7 heteroatoms. The zero-order valence-electron chi connectivity index (χ0n) is 14.8. The quantitative estimate of drug-likeness (QED) is 0.874. The number of rotatable bonds is 4. The maximum Gasteiger partial charge on any atom is 0.260 e. The summed E-state index contributed by atoms with van der Waals surface area (Å²) in [4.78, 5) is 28.4. The van der Waals surface area contributed by atoms with Crippen molar-refractivity contribution in [3.05, 3.63) is 59.1 Å². The Bertz CT molecular complexity index is 810. The van der Waals surface area contributed by atoms with Crippen molar-refractivity contribution >= 4 is 23.4 Å². The van der Waals surface area contributed by atoms with Crippen LogP contribution in [0.2, 0.25) is 5.02 Å². The first kappa shape index (κ1) is 19.0. The summed E-state index contributed by atoms with van der Waals surface area (Å²) < 4.78 is 5.51. The minimum atomic E-state index is -0.222. The fourth-order valence-electron chi connectivity index (χ4n) is 2.96. The molecule has 0 spiro atoms. The lowest BCUT2D eigenvalue weighted by molar-refractivity contribution is -0.133. The van der Waals surface area contributed by atoms with E-state index in [1.165, 1.54) is 6.07 Å². The van der Waals surface area contributed by atoms with E-state index in [2.05, 4.69) is 0 Å². The average Bonchev–Trinajstić information content (AvgIpc) is 2.93. The number of amides is 2. The van der Waals surface area contributed by atoms with Crippen molar-refractivity contribution in [3.63, 3.8) is 0 Å². The van der Waals surface area contributed by atoms with Gasteiger partial charge in [0.2, 0.25) is 0 Å². The molecule has 3 rings (SSSR count). The molecule has 2 aromatic rings. The van der Waals surface area contributed by atoms with Crippen LogP contribution in [0.1, 0.15) is 16.8 Å². The number of nitrogens with zero attached hydrogens (tertiary/aromatic N) is 2. The first-order chi connectivity index (χ1) is 13.0. The maximum absolute atomic E-state index is 12.6. The third-order valence-corrected chi connectivity index (χ3v) is 4.70. The summed E-state index contributed by atoms with van der Waals surface area (Å²) in [6, 6.07) is 13.3. The fraction of sp³-hybridized carbons (Fsp3) is 0.300. The first-order valence-electron chi connectivity index (χ1n) is 8.78. The minimum Gasteiger partial charge on any atom is -0.507 e. The molecule has 142 valence electrons. The van der Waals surface area contributed by atoms with Gasteiger partial charge >= 0.3 is 0 Å². The van der Waals surface area contributed by atoms with E-state index in [0.29, 0.717) is 43.4 Å². The van der Waals surface area contributed by atoms with Crippen LogP contribution in [0.15, 0.2) is 48.5 Å². The molecule has 2 aromatic carbocycles. The van der Waals surface area contributed by atoms with Crippen LogP contribution in [0, 0.1) is 0 Å².